The van der Waals surface area contributed by atoms with Gasteiger partial charge >= 0.3 is 5.97 Å². The van der Waals surface area contributed by atoms with E-state index in [0.29, 0.717) is 0 Å². The molecule has 1 N–H and O–H groups in total. The molecule has 1 atom stereocenters. The van der Waals surface area contributed by atoms with Crippen molar-refractivity contribution in [3.05, 3.63) is 34.4 Å². The van der Waals surface area contributed by atoms with Crippen LogP contribution in [0, 0.1) is 16.0 Å². The Morgan fingerprint density at radius 3 is 2.59 bits per heavy atom. The zero-order valence-corrected chi connectivity index (χ0v) is 12.3. The number of amides is 1. The van der Waals surface area contributed by atoms with Crippen LogP contribution in [0.3, 0.4) is 0 Å². The fourth-order valence-corrected chi connectivity index (χ4v) is 2.46. The van der Waals surface area contributed by atoms with Crippen molar-refractivity contribution >= 4 is 23.3 Å². The first kappa shape index (κ1) is 15.9. The van der Waals surface area contributed by atoms with Crippen molar-refractivity contribution in [2.24, 2.45) is 5.92 Å². The molecular formula is C15H18N2O5. The van der Waals surface area contributed by atoms with Gasteiger partial charge in [-0.2, -0.15) is 0 Å². The predicted molar refractivity (Wildman–Crippen MR) is 79.2 cm³/mol. The van der Waals surface area contributed by atoms with Crippen LogP contribution >= 0.6 is 0 Å². The molecule has 0 bridgehead atoms. The van der Waals surface area contributed by atoms with Crippen LogP contribution in [0.15, 0.2) is 24.3 Å². The number of esters is 1. The van der Waals surface area contributed by atoms with Gasteiger partial charge in [-0.05, 0) is 25.8 Å². The lowest BCUT2D eigenvalue weighted by Crippen LogP contribution is -2.32. The molecule has 0 saturated heterocycles. The van der Waals surface area contributed by atoms with Crippen LogP contribution < -0.4 is 5.32 Å². The van der Waals surface area contributed by atoms with Gasteiger partial charge in [-0.25, -0.2) is 0 Å². The largest absolute Gasteiger partial charge is 0.452 e. The number of nitrogens with zero attached hydrogens (tertiary/aromatic N) is 1. The lowest BCUT2D eigenvalue weighted by Gasteiger charge is -2.16. The summed E-state index contributed by atoms with van der Waals surface area (Å²) in [4.78, 5) is 34.2. The minimum atomic E-state index is -0.993. The summed E-state index contributed by atoms with van der Waals surface area (Å²) >= 11 is 0. The lowest BCUT2D eigenvalue weighted by atomic mass is 10.1. The molecule has 22 heavy (non-hydrogen) atoms. The first-order chi connectivity index (χ1) is 10.5. The highest BCUT2D eigenvalue weighted by Crippen LogP contribution is 2.27. The summed E-state index contributed by atoms with van der Waals surface area (Å²) < 4.78 is 5.15. The second kappa shape index (κ2) is 7.02. The molecule has 1 aromatic rings. The van der Waals surface area contributed by atoms with Gasteiger partial charge in [0.15, 0.2) is 6.10 Å². The highest BCUT2D eigenvalue weighted by molar-refractivity contribution is 5.96. The molecule has 0 heterocycles. The van der Waals surface area contributed by atoms with Crippen LogP contribution in [-0.2, 0) is 14.3 Å². The molecular weight excluding hydrogens is 288 g/mol. The molecule has 1 aromatic carbocycles. The van der Waals surface area contributed by atoms with Gasteiger partial charge in [-0.15, -0.1) is 0 Å². The van der Waals surface area contributed by atoms with Gasteiger partial charge in [0.1, 0.15) is 5.69 Å². The summed E-state index contributed by atoms with van der Waals surface area (Å²) in [6.07, 6.45) is 2.58. The number of nitrogens with one attached hydrogen (secondary N) is 1. The Morgan fingerprint density at radius 2 is 1.95 bits per heavy atom. The van der Waals surface area contributed by atoms with Crippen molar-refractivity contribution < 1.29 is 19.2 Å². The number of nitro groups is 1. The Morgan fingerprint density at radius 1 is 1.32 bits per heavy atom. The summed E-state index contributed by atoms with van der Waals surface area (Å²) in [6.45, 7) is 1.46. The van der Waals surface area contributed by atoms with Crippen LogP contribution in [-0.4, -0.2) is 22.9 Å². The SMILES string of the molecule is C[C@@H](OC(=O)C1CCCC1)C(=O)Nc1ccccc1[N+](=O)[O-]. The molecule has 1 saturated carbocycles. The molecule has 0 spiro atoms. The molecule has 118 valence electrons. The third-order valence-electron chi connectivity index (χ3n) is 3.71. The number of benzene rings is 1. The number of nitro benzene ring substituents is 1. The quantitative estimate of drug-likeness (QED) is 0.512. The number of hydrogen-bond acceptors (Lipinski definition) is 5. The maximum atomic E-state index is 12.0. The van der Waals surface area contributed by atoms with Gasteiger partial charge in [0, 0.05) is 6.07 Å². The number of rotatable bonds is 5. The van der Waals surface area contributed by atoms with Gasteiger partial charge in [-0.1, -0.05) is 25.0 Å². The molecule has 1 amide bonds. The first-order valence-corrected chi connectivity index (χ1v) is 7.24. The summed E-state index contributed by atoms with van der Waals surface area (Å²) in [5, 5.41) is 13.3. The Labute approximate surface area is 127 Å². The van der Waals surface area contributed by atoms with E-state index < -0.39 is 16.9 Å². The Kier molecular flexibility index (Phi) is 5.08. The van der Waals surface area contributed by atoms with E-state index in [4.69, 9.17) is 4.74 Å². The minimum absolute atomic E-state index is 0.0845. The molecule has 0 radical (unpaired) electrons. The van der Waals surface area contributed by atoms with E-state index in [9.17, 15) is 19.7 Å². The fourth-order valence-electron chi connectivity index (χ4n) is 2.46. The second-order valence-electron chi connectivity index (χ2n) is 5.32. The zero-order valence-electron chi connectivity index (χ0n) is 12.3. The minimum Gasteiger partial charge on any atom is -0.452 e. The smallest absolute Gasteiger partial charge is 0.309 e. The monoisotopic (exact) mass is 306 g/mol. The van der Waals surface area contributed by atoms with E-state index in [-0.39, 0.29) is 23.3 Å². The number of para-hydroxylation sites is 2. The van der Waals surface area contributed by atoms with E-state index in [1.54, 1.807) is 6.07 Å². The van der Waals surface area contributed by atoms with Crippen molar-refractivity contribution in [3.63, 3.8) is 0 Å². The topological polar surface area (TPSA) is 98.5 Å². The van der Waals surface area contributed by atoms with Gasteiger partial charge in [0.2, 0.25) is 0 Å². The number of ether oxygens (including phenoxy) is 1. The number of carbonyl (C=O) groups excluding carboxylic acids is 2. The van der Waals surface area contributed by atoms with Crippen molar-refractivity contribution in [1.82, 2.24) is 0 Å². The fraction of sp³-hybridized carbons (Fsp3) is 0.467. The van der Waals surface area contributed by atoms with E-state index in [0.717, 1.165) is 25.7 Å². The first-order valence-electron chi connectivity index (χ1n) is 7.24. The normalized spacial score (nSPS) is 16.0. The van der Waals surface area contributed by atoms with E-state index in [2.05, 4.69) is 5.32 Å². The van der Waals surface area contributed by atoms with E-state index in [1.807, 2.05) is 0 Å². The Hall–Kier alpha value is -2.44. The molecule has 0 unspecified atom stereocenters. The molecule has 0 aliphatic heterocycles. The van der Waals surface area contributed by atoms with Crippen molar-refractivity contribution in [3.8, 4) is 0 Å². The molecule has 1 aliphatic rings. The Bertz CT molecular complexity index is 581. The summed E-state index contributed by atoms with van der Waals surface area (Å²) in [5.74, 6) is -1.09. The number of anilines is 1. The molecule has 7 heteroatoms. The summed E-state index contributed by atoms with van der Waals surface area (Å²) in [7, 11) is 0. The molecule has 2 rings (SSSR count). The van der Waals surface area contributed by atoms with E-state index >= 15 is 0 Å². The van der Waals surface area contributed by atoms with Gasteiger partial charge < -0.3 is 10.1 Å². The number of carbonyl (C=O) groups is 2. The van der Waals surface area contributed by atoms with Crippen LogP contribution in [0.5, 0.6) is 0 Å². The average molecular weight is 306 g/mol. The Balaban J connectivity index is 1.96. The predicted octanol–water partition coefficient (Wildman–Crippen LogP) is 2.66. The van der Waals surface area contributed by atoms with Crippen molar-refractivity contribution in [2.75, 3.05) is 5.32 Å². The highest BCUT2D eigenvalue weighted by atomic mass is 16.6. The van der Waals surface area contributed by atoms with Crippen molar-refractivity contribution in [1.29, 1.82) is 0 Å². The van der Waals surface area contributed by atoms with Crippen molar-refractivity contribution in [2.45, 2.75) is 38.7 Å². The number of hydrogen-bond donors (Lipinski definition) is 1. The van der Waals surface area contributed by atoms with Gasteiger partial charge in [0.05, 0.1) is 10.8 Å². The summed E-state index contributed by atoms with van der Waals surface area (Å²) in [6, 6.07) is 5.82. The third kappa shape index (κ3) is 3.81. The zero-order chi connectivity index (χ0) is 16.1. The van der Waals surface area contributed by atoms with Gasteiger partial charge in [0.25, 0.3) is 11.6 Å². The molecule has 1 aliphatic carbocycles. The molecule has 1 fully saturated rings. The maximum absolute atomic E-state index is 12.0. The van der Waals surface area contributed by atoms with Gasteiger partial charge in [-0.3, -0.25) is 19.7 Å². The standard InChI is InChI=1S/C15H18N2O5/c1-10(22-15(19)11-6-2-3-7-11)14(18)16-12-8-4-5-9-13(12)17(20)21/h4-5,8-11H,2-3,6-7H2,1H3,(H,16,18)/t10-/m1/s1. The summed E-state index contributed by atoms with van der Waals surface area (Å²) in [5.41, 5.74) is -0.119. The van der Waals surface area contributed by atoms with Crippen LogP contribution in [0.1, 0.15) is 32.6 Å². The average Bonchev–Trinajstić information content (AvgIpc) is 3.01. The second-order valence-corrected chi connectivity index (χ2v) is 5.32. The van der Waals surface area contributed by atoms with Crippen LogP contribution in [0.4, 0.5) is 11.4 Å². The van der Waals surface area contributed by atoms with Crippen LogP contribution in [0.25, 0.3) is 0 Å². The molecule has 7 nitrogen and oxygen atoms in total. The lowest BCUT2D eigenvalue weighted by molar-refractivity contribution is -0.383. The van der Waals surface area contributed by atoms with E-state index in [1.165, 1.54) is 25.1 Å². The van der Waals surface area contributed by atoms with Crippen LogP contribution in [0.2, 0.25) is 0 Å². The molecule has 0 aromatic heterocycles. The maximum Gasteiger partial charge on any atom is 0.309 e. The third-order valence-corrected chi connectivity index (χ3v) is 3.71. The highest BCUT2D eigenvalue weighted by Gasteiger charge is 2.28.